The molecule has 27 heavy (non-hydrogen) atoms. The molecule has 1 aromatic heterocycles. The second kappa shape index (κ2) is 6.33. The van der Waals surface area contributed by atoms with Crippen LogP contribution in [0.1, 0.15) is 26.3 Å². The molecule has 1 atom stereocenters. The Bertz CT molecular complexity index is 1270. The van der Waals surface area contributed by atoms with Gasteiger partial charge in [-0.1, -0.05) is 57.2 Å². The van der Waals surface area contributed by atoms with Crippen molar-refractivity contribution in [1.82, 2.24) is 0 Å². The van der Waals surface area contributed by atoms with Gasteiger partial charge in [-0.15, -0.1) is 0 Å². The average Bonchev–Trinajstić information content (AvgIpc) is 2.67. The summed E-state index contributed by atoms with van der Waals surface area (Å²) in [4.78, 5) is 17.7. The number of nitrogens with zero attached hydrogens (tertiary/aromatic N) is 1. The van der Waals surface area contributed by atoms with Gasteiger partial charge in [0.25, 0.3) is 0 Å². The Morgan fingerprint density at radius 1 is 0.852 bits per heavy atom. The molecule has 2 nitrogen and oxygen atoms in total. The van der Waals surface area contributed by atoms with Gasteiger partial charge >= 0.3 is 0 Å². The second-order valence-electron chi connectivity index (χ2n) is 7.70. The molecule has 0 amide bonds. The highest BCUT2D eigenvalue weighted by molar-refractivity contribution is 7.49. The zero-order valence-corrected chi connectivity index (χ0v) is 16.4. The van der Waals surface area contributed by atoms with Gasteiger partial charge in [0, 0.05) is 16.5 Å². The van der Waals surface area contributed by atoms with Crippen LogP contribution >= 0.6 is 10.5 Å². The zero-order valence-electron chi connectivity index (χ0n) is 15.6. The van der Waals surface area contributed by atoms with Gasteiger partial charge in [0.05, 0.1) is 17.3 Å². The maximum Gasteiger partial charge on any atom is 0.203 e. The molecule has 1 heterocycles. The van der Waals surface area contributed by atoms with Gasteiger partial charge < -0.3 is 0 Å². The number of hydrogen-bond acceptors (Lipinski definition) is 1. The molecular weight excluding hydrogens is 350 g/mol. The molecule has 1 unspecified atom stereocenters. The van der Waals surface area contributed by atoms with Crippen LogP contribution in [-0.4, -0.2) is 0 Å². The van der Waals surface area contributed by atoms with Crippen molar-refractivity contribution in [3.8, 4) is 4.90 Å². The van der Waals surface area contributed by atoms with Crippen molar-refractivity contribution in [1.29, 1.82) is 0 Å². The molecule has 0 bridgehead atoms. The molecule has 0 aliphatic heterocycles. The molecule has 0 aliphatic rings. The molecule has 0 saturated heterocycles. The van der Waals surface area contributed by atoms with Crippen LogP contribution in [0.15, 0.2) is 71.5 Å². The smallest absolute Gasteiger partial charge is 0.203 e. The summed E-state index contributed by atoms with van der Waals surface area (Å²) in [6.45, 7) is 14.0. The quantitative estimate of drug-likeness (QED) is 0.202. The van der Waals surface area contributed by atoms with E-state index < -0.39 is 0 Å². The predicted molar refractivity (Wildman–Crippen MR) is 117 cm³/mol. The van der Waals surface area contributed by atoms with Crippen LogP contribution in [0.4, 0.5) is 5.69 Å². The maximum absolute atomic E-state index is 13.0. The lowest BCUT2D eigenvalue weighted by atomic mass is 9.87. The Morgan fingerprint density at radius 2 is 1.52 bits per heavy atom. The van der Waals surface area contributed by atoms with E-state index in [2.05, 4.69) is 49.9 Å². The molecular formula is C24H20NOS+. The van der Waals surface area contributed by atoms with Crippen molar-refractivity contribution in [3.63, 3.8) is 0 Å². The van der Waals surface area contributed by atoms with E-state index in [-0.39, 0.29) is 21.3 Å². The fourth-order valence-electron chi connectivity index (χ4n) is 3.38. The van der Waals surface area contributed by atoms with Crippen LogP contribution < -0.4 is 5.43 Å². The lowest BCUT2D eigenvalue weighted by Crippen LogP contribution is -2.10. The monoisotopic (exact) mass is 370 g/mol. The van der Waals surface area contributed by atoms with Gasteiger partial charge in [0.2, 0.25) is 5.43 Å². The van der Waals surface area contributed by atoms with Gasteiger partial charge in [-0.3, -0.25) is 4.79 Å². The number of rotatable bonds is 1. The van der Waals surface area contributed by atoms with E-state index in [4.69, 9.17) is 6.57 Å². The molecule has 0 aliphatic carbocycles. The highest BCUT2D eigenvalue weighted by Gasteiger charge is 2.23. The third kappa shape index (κ3) is 2.93. The zero-order chi connectivity index (χ0) is 19.2. The first-order valence-corrected chi connectivity index (χ1v) is 10.1. The normalized spacial score (nSPS) is 12.3. The molecule has 4 rings (SSSR count). The van der Waals surface area contributed by atoms with Crippen LogP contribution in [0.5, 0.6) is 0 Å². The molecule has 0 fully saturated rings. The fraction of sp³-hybridized carbons (Fsp3) is 0.167. The summed E-state index contributed by atoms with van der Waals surface area (Å²) in [5.74, 6) is 0. The van der Waals surface area contributed by atoms with Crippen LogP contribution in [-0.2, 0) is 5.41 Å². The van der Waals surface area contributed by atoms with E-state index in [1.807, 2.05) is 36.4 Å². The predicted octanol–water partition coefficient (Wildman–Crippen LogP) is 6.94. The minimum atomic E-state index is -0.390. The van der Waals surface area contributed by atoms with Crippen LogP contribution in [0.2, 0.25) is 0 Å². The van der Waals surface area contributed by atoms with Gasteiger partial charge in [-0.2, -0.15) is 0 Å². The van der Waals surface area contributed by atoms with Crippen molar-refractivity contribution >= 4 is 36.3 Å². The van der Waals surface area contributed by atoms with Gasteiger partial charge in [0.15, 0.2) is 20.0 Å². The summed E-state index contributed by atoms with van der Waals surface area (Å²) in [6, 6.07) is 22.0. The van der Waals surface area contributed by atoms with Crippen molar-refractivity contribution in [3.05, 3.63) is 93.9 Å². The largest absolute Gasteiger partial charge is 0.288 e. The van der Waals surface area contributed by atoms with Crippen molar-refractivity contribution in [2.45, 2.75) is 26.2 Å². The fourth-order valence-corrected chi connectivity index (χ4v) is 5.75. The van der Waals surface area contributed by atoms with Crippen LogP contribution in [0, 0.1) is 6.57 Å². The molecule has 3 aromatic carbocycles. The van der Waals surface area contributed by atoms with Crippen molar-refractivity contribution < 1.29 is 0 Å². The first-order chi connectivity index (χ1) is 12.9. The third-order valence-corrected chi connectivity index (χ3v) is 7.18. The summed E-state index contributed by atoms with van der Waals surface area (Å²) >= 11 is 0. The summed E-state index contributed by atoms with van der Waals surface area (Å²) in [5.41, 5.74) is 2.00. The van der Waals surface area contributed by atoms with E-state index >= 15 is 0 Å². The summed E-state index contributed by atoms with van der Waals surface area (Å²) in [7, 11) is -0.390. The minimum absolute atomic E-state index is 0.0483. The molecule has 0 radical (unpaired) electrons. The van der Waals surface area contributed by atoms with Gasteiger partial charge in [0.1, 0.15) is 0 Å². The van der Waals surface area contributed by atoms with E-state index in [1.54, 1.807) is 6.07 Å². The first kappa shape index (κ1) is 17.5. The molecule has 0 spiro atoms. The first-order valence-electron chi connectivity index (χ1n) is 8.90. The lowest BCUT2D eigenvalue weighted by Gasteiger charge is -2.18. The van der Waals surface area contributed by atoms with E-state index in [0.717, 1.165) is 14.8 Å². The average molecular weight is 370 g/mol. The Labute approximate surface area is 161 Å². The van der Waals surface area contributed by atoms with Crippen LogP contribution in [0.3, 0.4) is 0 Å². The summed E-state index contributed by atoms with van der Waals surface area (Å²) < 4.78 is 2.00. The second-order valence-corrected chi connectivity index (χ2v) is 9.66. The number of fused-ring (bicyclic) bond motifs is 2. The highest BCUT2D eigenvalue weighted by atomic mass is 32.2. The SMILES string of the molecule is [C-]#[N+]c1ccc2c(=O)c3ccccc3[s+](-c3ccc(C(C)(C)C)cc3)c2c1. The van der Waals surface area contributed by atoms with Crippen molar-refractivity contribution in [2.75, 3.05) is 0 Å². The van der Waals surface area contributed by atoms with E-state index in [0.29, 0.717) is 11.1 Å². The minimum Gasteiger partial charge on any atom is -0.288 e. The maximum atomic E-state index is 13.0. The Kier molecular flexibility index (Phi) is 4.09. The molecule has 4 aromatic rings. The Hall–Kier alpha value is -2.96. The molecule has 0 saturated carbocycles. The molecule has 132 valence electrons. The molecule has 0 N–H and O–H groups in total. The van der Waals surface area contributed by atoms with Crippen LogP contribution in [0.25, 0.3) is 29.9 Å². The number of hydrogen-bond donors (Lipinski definition) is 0. The topological polar surface area (TPSA) is 21.4 Å². The Balaban J connectivity index is 2.13. The summed E-state index contributed by atoms with van der Waals surface area (Å²) in [5, 5.41) is 1.48. The standard InChI is InChI=1S/C24H20NOS/c1-24(2,3)16-9-12-18(13-10-16)27-21-8-6-5-7-19(21)23(26)20-14-11-17(25-4)15-22(20)27/h5-15H,1-3H3/q+1. The van der Waals surface area contributed by atoms with Crippen molar-refractivity contribution in [2.24, 2.45) is 0 Å². The third-order valence-electron chi connectivity index (χ3n) is 4.87. The number of benzene rings is 3. The van der Waals surface area contributed by atoms with E-state index in [9.17, 15) is 4.79 Å². The lowest BCUT2D eigenvalue weighted by molar-refractivity contribution is 0.590. The summed E-state index contributed by atoms with van der Waals surface area (Å²) in [6.07, 6.45) is 0. The van der Waals surface area contributed by atoms with Gasteiger partial charge in [-0.25, -0.2) is 4.85 Å². The molecule has 3 heteroatoms. The highest BCUT2D eigenvalue weighted by Crippen LogP contribution is 2.44. The Morgan fingerprint density at radius 3 is 2.19 bits per heavy atom. The van der Waals surface area contributed by atoms with E-state index in [1.165, 1.54) is 10.5 Å². The van der Waals surface area contributed by atoms with Gasteiger partial charge in [-0.05, 0) is 35.2 Å².